The number of rotatable bonds is 6. The number of methoxy groups -OCH3 is 1. The van der Waals surface area contributed by atoms with Crippen LogP contribution in [0, 0.1) is 5.92 Å². The second-order valence-electron chi connectivity index (χ2n) is 7.39. The van der Waals surface area contributed by atoms with Crippen molar-refractivity contribution in [3.63, 3.8) is 0 Å². The van der Waals surface area contributed by atoms with Crippen molar-refractivity contribution < 1.29 is 14.2 Å². The van der Waals surface area contributed by atoms with E-state index in [2.05, 4.69) is 22.3 Å². The monoisotopic (exact) mass is 452 g/mol. The molecular formula is C23H30Cl2N2O3. The standard InChI is InChI=1S/C22H28N2O3.CH2Cl2/c1-25-19-8-6-18(7-9-19)24-12-10-17(11-13-24)14-23-15-20-16-26-21-4-2-3-5-22(21)27-20;2-1-3/h2-9,17,20,23H,10-16H2,1H3;1H2. The Hall–Kier alpha value is -1.82. The molecule has 0 amide bonds. The summed E-state index contributed by atoms with van der Waals surface area (Å²) in [6, 6.07) is 16.2. The highest BCUT2D eigenvalue weighted by atomic mass is 35.5. The van der Waals surface area contributed by atoms with E-state index in [4.69, 9.17) is 37.4 Å². The van der Waals surface area contributed by atoms with Gasteiger partial charge in [0.1, 0.15) is 18.5 Å². The summed E-state index contributed by atoms with van der Waals surface area (Å²) in [7, 11) is 1.71. The molecule has 4 rings (SSSR count). The first kappa shape index (κ1) is 22.9. The van der Waals surface area contributed by atoms with Crippen molar-refractivity contribution in [3.8, 4) is 17.2 Å². The highest BCUT2D eigenvalue weighted by Gasteiger charge is 2.22. The first-order valence-corrected chi connectivity index (χ1v) is 11.4. The van der Waals surface area contributed by atoms with Crippen molar-refractivity contribution in [1.29, 1.82) is 0 Å². The van der Waals surface area contributed by atoms with Gasteiger partial charge in [-0.25, -0.2) is 0 Å². The summed E-state index contributed by atoms with van der Waals surface area (Å²) in [6.07, 6.45) is 2.51. The number of nitrogens with one attached hydrogen (secondary N) is 1. The van der Waals surface area contributed by atoms with Gasteiger partial charge in [-0.05, 0) is 61.7 Å². The molecule has 5 nitrogen and oxygen atoms in total. The van der Waals surface area contributed by atoms with Crippen molar-refractivity contribution in [2.24, 2.45) is 5.92 Å². The van der Waals surface area contributed by atoms with E-state index in [1.807, 2.05) is 36.4 Å². The SMILES string of the molecule is COc1ccc(N2CCC(CNCC3COc4ccccc4O3)CC2)cc1.ClCCl. The number of ether oxygens (including phenoxy) is 3. The summed E-state index contributed by atoms with van der Waals surface area (Å²) in [6.45, 7) is 4.69. The van der Waals surface area contributed by atoms with Gasteiger partial charge < -0.3 is 24.4 Å². The molecule has 0 bridgehead atoms. The van der Waals surface area contributed by atoms with Gasteiger partial charge in [0, 0.05) is 25.3 Å². The van der Waals surface area contributed by atoms with Gasteiger partial charge >= 0.3 is 0 Å². The second kappa shape index (κ2) is 12.1. The van der Waals surface area contributed by atoms with Crippen molar-refractivity contribution in [3.05, 3.63) is 48.5 Å². The average molecular weight is 453 g/mol. The quantitative estimate of drug-likeness (QED) is 0.639. The molecule has 0 aliphatic carbocycles. The lowest BCUT2D eigenvalue weighted by Crippen LogP contribution is -2.42. The van der Waals surface area contributed by atoms with Crippen LogP contribution >= 0.6 is 23.2 Å². The molecule has 2 heterocycles. The molecule has 0 saturated carbocycles. The summed E-state index contributed by atoms with van der Waals surface area (Å²) in [5, 5.41) is 3.78. The molecule has 1 unspecified atom stereocenters. The minimum Gasteiger partial charge on any atom is -0.497 e. The van der Waals surface area contributed by atoms with Crippen LogP contribution in [0.25, 0.3) is 0 Å². The zero-order valence-corrected chi connectivity index (χ0v) is 18.9. The predicted octanol–water partition coefficient (Wildman–Crippen LogP) is 4.76. The fourth-order valence-electron chi connectivity index (χ4n) is 3.80. The summed E-state index contributed by atoms with van der Waals surface area (Å²) in [4.78, 5) is 2.46. The number of anilines is 1. The van der Waals surface area contributed by atoms with Gasteiger partial charge in [-0.3, -0.25) is 0 Å². The molecular weight excluding hydrogens is 423 g/mol. The lowest BCUT2D eigenvalue weighted by atomic mass is 9.96. The number of hydrogen-bond acceptors (Lipinski definition) is 5. The normalized spacial score (nSPS) is 18.4. The minimum atomic E-state index is 0.0827. The summed E-state index contributed by atoms with van der Waals surface area (Å²) >= 11 is 9.53. The Labute approximate surface area is 189 Å². The van der Waals surface area contributed by atoms with Gasteiger partial charge in [0.2, 0.25) is 0 Å². The third-order valence-corrected chi connectivity index (χ3v) is 5.42. The number of piperidine rings is 1. The van der Waals surface area contributed by atoms with Crippen molar-refractivity contribution in [1.82, 2.24) is 5.32 Å². The number of hydrogen-bond donors (Lipinski definition) is 1. The Balaban J connectivity index is 0.000000806. The molecule has 2 aliphatic rings. The van der Waals surface area contributed by atoms with E-state index in [0.29, 0.717) is 6.61 Å². The maximum Gasteiger partial charge on any atom is 0.161 e. The van der Waals surface area contributed by atoms with Crippen LogP contribution in [0.4, 0.5) is 5.69 Å². The topological polar surface area (TPSA) is 43.0 Å². The van der Waals surface area contributed by atoms with Crippen LogP contribution in [-0.2, 0) is 0 Å². The lowest BCUT2D eigenvalue weighted by molar-refractivity contribution is 0.0894. The molecule has 2 aliphatic heterocycles. The van der Waals surface area contributed by atoms with E-state index in [1.165, 1.54) is 18.5 Å². The first-order chi connectivity index (χ1) is 14.7. The van der Waals surface area contributed by atoms with Crippen LogP contribution in [0.3, 0.4) is 0 Å². The number of para-hydroxylation sites is 2. The van der Waals surface area contributed by atoms with Gasteiger partial charge in [-0.15, -0.1) is 23.2 Å². The van der Waals surface area contributed by atoms with Gasteiger partial charge in [0.15, 0.2) is 11.5 Å². The number of benzene rings is 2. The molecule has 0 spiro atoms. The average Bonchev–Trinajstić information content (AvgIpc) is 2.80. The van der Waals surface area contributed by atoms with E-state index < -0.39 is 0 Å². The van der Waals surface area contributed by atoms with E-state index >= 15 is 0 Å². The van der Waals surface area contributed by atoms with E-state index in [0.717, 1.165) is 49.3 Å². The zero-order valence-electron chi connectivity index (χ0n) is 17.4. The van der Waals surface area contributed by atoms with Gasteiger partial charge in [0.05, 0.1) is 12.4 Å². The van der Waals surface area contributed by atoms with Crippen molar-refractivity contribution in [2.75, 3.05) is 50.1 Å². The Morgan fingerprint density at radius 2 is 1.67 bits per heavy atom. The molecule has 0 aromatic heterocycles. The molecule has 164 valence electrons. The molecule has 1 N–H and O–H groups in total. The van der Waals surface area contributed by atoms with Crippen LogP contribution in [0.15, 0.2) is 48.5 Å². The molecule has 1 fully saturated rings. The number of fused-ring (bicyclic) bond motifs is 1. The molecule has 2 aromatic rings. The lowest BCUT2D eigenvalue weighted by Gasteiger charge is -2.34. The molecule has 7 heteroatoms. The van der Waals surface area contributed by atoms with E-state index in [1.54, 1.807) is 7.11 Å². The fraction of sp³-hybridized carbons (Fsp3) is 0.478. The Bertz CT molecular complexity index is 752. The third kappa shape index (κ3) is 6.59. The Morgan fingerprint density at radius 1 is 1.00 bits per heavy atom. The second-order valence-corrected chi connectivity index (χ2v) is 8.19. The van der Waals surface area contributed by atoms with E-state index in [9.17, 15) is 0 Å². The van der Waals surface area contributed by atoms with Gasteiger partial charge in [-0.2, -0.15) is 0 Å². The molecule has 0 radical (unpaired) electrons. The number of halogens is 2. The molecule has 1 saturated heterocycles. The van der Waals surface area contributed by atoms with Crippen LogP contribution < -0.4 is 24.4 Å². The van der Waals surface area contributed by atoms with Crippen molar-refractivity contribution >= 4 is 28.9 Å². The fourth-order valence-corrected chi connectivity index (χ4v) is 3.80. The summed E-state index contributed by atoms with van der Waals surface area (Å²) in [5.74, 6) is 3.33. The van der Waals surface area contributed by atoms with Crippen LogP contribution in [0.1, 0.15) is 12.8 Å². The smallest absolute Gasteiger partial charge is 0.161 e. The summed E-state index contributed by atoms with van der Waals surface area (Å²) < 4.78 is 17.0. The molecule has 1 atom stereocenters. The van der Waals surface area contributed by atoms with Gasteiger partial charge in [-0.1, -0.05) is 12.1 Å². The Morgan fingerprint density at radius 3 is 2.33 bits per heavy atom. The molecule has 30 heavy (non-hydrogen) atoms. The van der Waals surface area contributed by atoms with Crippen LogP contribution in [0.2, 0.25) is 0 Å². The maximum atomic E-state index is 6.01. The number of nitrogens with zero attached hydrogens (tertiary/aromatic N) is 1. The highest BCUT2D eigenvalue weighted by molar-refractivity contribution is 6.40. The van der Waals surface area contributed by atoms with Gasteiger partial charge in [0.25, 0.3) is 0 Å². The van der Waals surface area contributed by atoms with Crippen LogP contribution in [-0.4, -0.2) is 51.3 Å². The first-order valence-electron chi connectivity index (χ1n) is 10.3. The largest absolute Gasteiger partial charge is 0.497 e. The Kier molecular flexibility index (Phi) is 9.25. The zero-order chi connectivity index (χ0) is 21.2. The third-order valence-electron chi connectivity index (χ3n) is 5.42. The highest BCUT2D eigenvalue weighted by Crippen LogP contribution is 2.30. The maximum absolute atomic E-state index is 6.01. The molecule has 2 aromatic carbocycles. The van der Waals surface area contributed by atoms with E-state index in [-0.39, 0.29) is 11.4 Å². The van der Waals surface area contributed by atoms with Crippen molar-refractivity contribution in [2.45, 2.75) is 18.9 Å². The minimum absolute atomic E-state index is 0.0827. The van der Waals surface area contributed by atoms with Crippen LogP contribution in [0.5, 0.6) is 17.2 Å². The summed E-state index contributed by atoms with van der Waals surface area (Å²) in [5.41, 5.74) is 1.29. The predicted molar refractivity (Wildman–Crippen MR) is 124 cm³/mol. The number of alkyl halides is 2.